The van der Waals surface area contributed by atoms with Crippen LogP contribution < -0.4 is 9.62 Å². The van der Waals surface area contributed by atoms with Crippen molar-refractivity contribution in [3.8, 4) is 0 Å². The minimum atomic E-state index is -3.58. The predicted octanol–water partition coefficient (Wildman–Crippen LogP) is 1.29. The summed E-state index contributed by atoms with van der Waals surface area (Å²) in [4.78, 5) is 17.5. The van der Waals surface area contributed by atoms with Crippen LogP contribution in [0.1, 0.15) is 25.3 Å². The van der Waals surface area contributed by atoms with Crippen LogP contribution in [-0.4, -0.2) is 82.7 Å². The zero-order chi connectivity index (χ0) is 20.7. The van der Waals surface area contributed by atoms with Crippen molar-refractivity contribution in [2.24, 2.45) is 0 Å². The fourth-order valence-corrected chi connectivity index (χ4v) is 4.67. The van der Waals surface area contributed by atoms with Crippen molar-refractivity contribution in [1.29, 1.82) is 0 Å². The number of carbonyl (C=O) groups excluding carboxylic acids is 1. The van der Waals surface area contributed by atoms with E-state index in [-0.39, 0.29) is 5.91 Å². The van der Waals surface area contributed by atoms with E-state index in [0.717, 1.165) is 51.0 Å². The third-order valence-corrected chi connectivity index (χ3v) is 6.34. The van der Waals surface area contributed by atoms with Gasteiger partial charge in [0.05, 0.1) is 11.9 Å². The molecule has 1 N–H and O–H groups in total. The molecule has 0 unspecified atom stereocenters. The SMILES string of the molecule is CC[C@H](C(=O)NCCCN1CCN(C)CC1)N(c1ccc(C)cc1)S(C)(=O)=O. The number of likely N-dealkylation sites (N-methyl/N-ethyl adjacent to an activating group) is 1. The second-order valence-electron chi connectivity index (χ2n) is 7.61. The number of rotatable bonds is 9. The number of sulfonamides is 1. The standard InChI is InChI=1S/C20H34N4O3S/c1-5-19(24(28(4,26)27)18-9-7-17(2)8-10-18)20(25)21-11-6-12-23-15-13-22(3)14-16-23/h7-10,19H,5-6,11-16H2,1-4H3,(H,21,25)/t19-/m1/s1. The van der Waals surface area contributed by atoms with Crippen molar-refractivity contribution >= 4 is 21.6 Å². The molecule has 1 amide bonds. The highest BCUT2D eigenvalue weighted by atomic mass is 32.2. The molecule has 28 heavy (non-hydrogen) atoms. The molecule has 0 saturated carbocycles. The predicted molar refractivity (Wildman–Crippen MR) is 114 cm³/mol. The molecule has 0 bridgehead atoms. The van der Waals surface area contributed by atoms with Crippen LogP contribution >= 0.6 is 0 Å². The number of aryl methyl sites for hydroxylation is 1. The van der Waals surface area contributed by atoms with Gasteiger partial charge in [0.15, 0.2) is 0 Å². The van der Waals surface area contributed by atoms with Gasteiger partial charge in [0.2, 0.25) is 15.9 Å². The molecule has 1 heterocycles. The Morgan fingerprint density at radius 3 is 2.32 bits per heavy atom. The summed E-state index contributed by atoms with van der Waals surface area (Å²) in [5.74, 6) is -0.244. The summed E-state index contributed by atoms with van der Waals surface area (Å²) in [6.45, 7) is 9.52. The second kappa shape index (κ2) is 10.2. The molecule has 0 aromatic heterocycles. The van der Waals surface area contributed by atoms with Crippen LogP contribution in [-0.2, 0) is 14.8 Å². The Labute approximate surface area is 169 Å². The Bertz CT molecular complexity index is 728. The zero-order valence-electron chi connectivity index (χ0n) is 17.5. The Hall–Kier alpha value is -1.64. The van der Waals surface area contributed by atoms with Crippen LogP contribution in [0.25, 0.3) is 0 Å². The van der Waals surface area contributed by atoms with Crippen LogP contribution in [0.5, 0.6) is 0 Å². The van der Waals surface area contributed by atoms with E-state index in [0.29, 0.717) is 18.7 Å². The van der Waals surface area contributed by atoms with Gasteiger partial charge in [0.1, 0.15) is 6.04 Å². The molecule has 8 heteroatoms. The summed E-state index contributed by atoms with van der Waals surface area (Å²) in [7, 11) is -1.45. The number of carbonyl (C=O) groups is 1. The van der Waals surface area contributed by atoms with Gasteiger partial charge in [-0.05, 0) is 45.5 Å². The van der Waals surface area contributed by atoms with E-state index in [1.165, 1.54) is 4.31 Å². The van der Waals surface area contributed by atoms with Crippen LogP contribution in [0.15, 0.2) is 24.3 Å². The first-order chi connectivity index (χ1) is 13.2. The second-order valence-corrected chi connectivity index (χ2v) is 9.47. The topological polar surface area (TPSA) is 73.0 Å². The molecule has 0 spiro atoms. The van der Waals surface area contributed by atoms with Gasteiger partial charge in [-0.3, -0.25) is 9.10 Å². The van der Waals surface area contributed by atoms with Crippen molar-refractivity contribution in [2.75, 3.05) is 56.9 Å². The van der Waals surface area contributed by atoms with Crippen LogP contribution in [0.3, 0.4) is 0 Å². The van der Waals surface area contributed by atoms with E-state index in [4.69, 9.17) is 0 Å². The number of amides is 1. The molecule has 1 aliphatic heterocycles. The molecular formula is C20H34N4O3S. The van der Waals surface area contributed by atoms with Gasteiger partial charge in [-0.1, -0.05) is 24.6 Å². The number of benzene rings is 1. The number of hydrogen-bond donors (Lipinski definition) is 1. The molecule has 1 aromatic rings. The first-order valence-electron chi connectivity index (χ1n) is 9.97. The minimum absolute atomic E-state index is 0.244. The molecule has 2 rings (SSSR count). The van der Waals surface area contributed by atoms with Crippen LogP contribution in [0.4, 0.5) is 5.69 Å². The van der Waals surface area contributed by atoms with Crippen molar-refractivity contribution in [3.05, 3.63) is 29.8 Å². The lowest BCUT2D eigenvalue weighted by Gasteiger charge is -2.32. The smallest absolute Gasteiger partial charge is 0.243 e. The lowest BCUT2D eigenvalue weighted by molar-refractivity contribution is -0.122. The van der Waals surface area contributed by atoms with Gasteiger partial charge in [0, 0.05) is 32.7 Å². The first-order valence-corrected chi connectivity index (χ1v) is 11.8. The Balaban J connectivity index is 1.95. The molecule has 1 aromatic carbocycles. The summed E-state index contributed by atoms with van der Waals surface area (Å²) in [6, 6.07) is 6.46. The van der Waals surface area contributed by atoms with E-state index in [2.05, 4.69) is 22.2 Å². The Kier molecular flexibility index (Phi) is 8.27. The van der Waals surface area contributed by atoms with Crippen molar-refractivity contribution < 1.29 is 13.2 Å². The monoisotopic (exact) mass is 410 g/mol. The maximum atomic E-state index is 12.8. The highest BCUT2D eigenvalue weighted by Gasteiger charge is 2.31. The van der Waals surface area contributed by atoms with Gasteiger partial charge in [-0.2, -0.15) is 0 Å². The largest absolute Gasteiger partial charge is 0.354 e. The summed E-state index contributed by atoms with van der Waals surface area (Å²) in [5.41, 5.74) is 1.56. The summed E-state index contributed by atoms with van der Waals surface area (Å²) in [6.07, 6.45) is 2.41. The van der Waals surface area contributed by atoms with Crippen molar-refractivity contribution in [1.82, 2.24) is 15.1 Å². The molecule has 7 nitrogen and oxygen atoms in total. The third kappa shape index (κ3) is 6.46. The molecule has 1 atom stereocenters. The first kappa shape index (κ1) is 22.6. The molecule has 158 valence electrons. The molecule has 1 saturated heterocycles. The van der Waals surface area contributed by atoms with Gasteiger partial charge >= 0.3 is 0 Å². The summed E-state index contributed by atoms with van der Waals surface area (Å²) in [5, 5.41) is 2.93. The lowest BCUT2D eigenvalue weighted by atomic mass is 10.1. The highest BCUT2D eigenvalue weighted by molar-refractivity contribution is 7.92. The number of piperazine rings is 1. The van der Waals surface area contributed by atoms with Crippen molar-refractivity contribution in [2.45, 2.75) is 32.7 Å². The molecule has 0 radical (unpaired) electrons. The van der Waals surface area contributed by atoms with Gasteiger partial charge in [-0.15, -0.1) is 0 Å². The average molecular weight is 411 g/mol. The van der Waals surface area contributed by atoms with Crippen molar-refractivity contribution in [3.63, 3.8) is 0 Å². The number of anilines is 1. The summed E-state index contributed by atoms with van der Waals surface area (Å²) < 4.78 is 26.1. The molecule has 1 fully saturated rings. The average Bonchev–Trinajstić information content (AvgIpc) is 2.64. The Morgan fingerprint density at radius 1 is 1.18 bits per heavy atom. The highest BCUT2D eigenvalue weighted by Crippen LogP contribution is 2.23. The molecule has 1 aliphatic rings. The molecular weight excluding hydrogens is 376 g/mol. The van der Waals surface area contributed by atoms with E-state index in [9.17, 15) is 13.2 Å². The van der Waals surface area contributed by atoms with E-state index in [1.54, 1.807) is 12.1 Å². The number of nitrogens with zero attached hydrogens (tertiary/aromatic N) is 3. The summed E-state index contributed by atoms with van der Waals surface area (Å²) >= 11 is 0. The lowest BCUT2D eigenvalue weighted by Crippen LogP contribution is -2.50. The maximum Gasteiger partial charge on any atom is 0.243 e. The normalized spacial score (nSPS) is 17.3. The van der Waals surface area contributed by atoms with E-state index >= 15 is 0 Å². The quantitative estimate of drug-likeness (QED) is 0.621. The van der Waals surface area contributed by atoms with E-state index < -0.39 is 16.1 Å². The van der Waals surface area contributed by atoms with Crippen LogP contribution in [0, 0.1) is 6.92 Å². The fraction of sp³-hybridized carbons (Fsp3) is 0.650. The number of hydrogen-bond acceptors (Lipinski definition) is 5. The van der Waals surface area contributed by atoms with Gasteiger partial charge in [-0.25, -0.2) is 8.42 Å². The van der Waals surface area contributed by atoms with Gasteiger partial charge in [0.25, 0.3) is 0 Å². The van der Waals surface area contributed by atoms with E-state index in [1.807, 2.05) is 26.0 Å². The maximum absolute atomic E-state index is 12.8. The third-order valence-electron chi connectivity index (χ3n) is 5.16. The van der Waals surface area contributed by atoms with Gasteiger partial charge < -0.3 is 15.1 Å². The molecule has 0 aliphatic carbocycles. The number of nitrogens with one attached hydrogen (secondary N) is 1. The zero-order valence-corrected chi connectivity index (χ0v) is 18.3. The van der Waals surface area contributed by atoms with Crippen LogP contribution in [0.2, 0.25) is 0 Å². The fourth-order valence-electron chi connectivity index (χ4n) is 3.46. The minimum Gasteiger partial charge on any atom is -0.354 e. The Morgan fingerprint density at radius 2 is 1.79 bits per heavy atom.